The molecule has 6 heteroatoms. The molecule has 0 spiro atoms. The van der Waals surface area contributed by atoms with Gasteiger partial charge in [-0.15, -0.1) is 0 Å². The Morgan fingerprint density at radius 2 is 1.79 bits per heavy atom. The van der Waals surface area contributed by atoms with E-state index in [9.17, 15) is 9.59 Å². The van der Waals surface area contributed by atoms with E-state index < -0.39 is 12.1 Å². The summed E-state index contributed by atoms with van der Waals surface area (Å²) in [6.45, 7) is 6.47. The van der Waals surface area contributed by atoms with Gasteiger partial charge in [0, 0.05) is 31.1 Å². The van der Waals surface area contributed by atoms with Crippen molar-refractivity contribution in [1.82, 2.24) is 5.32 Å². The fourth-order valence-corrected chi connectivity index (χ4v) is 2.85. The number of hydrogen-bond donors (Lipinski definition) is 2. The smallest absolute Gasteiger partial charge is 0.333 e. The molecule has 2 rings (SSSR count). The third kappa shape index (κ3) is 7.58. The van der Waals surface area contributed by atoms with E-state index in [0.29, 0.717) is 37.4 Å². The van der Waals surface area contributed by atoms with Gasteiger partial charge in [0.05, 0.1) is 6.61 Å². The molecule has 156 valence electrons. The first-order valence-corrected chi connectivity index (χ1v) is 9.85. The Kier molecular flexibility index (Phi) is 8.68. The molecule has 29 heavy (non-hydrogen) atoms. The number of carboxylic acids is 1. The van der Waals surface area contributed by atoms with Crippen LogP contribution in [0.25, 0.3) is 0 Å². The third-order valence-corrected chi connectivity index (χ3v) is 4.26. The van der Waals surface area contributed by atoms with Crippen LogP contribution in [-0.2, 0) is 22.4 Å². The summed E-state index contributed by atoms with van der Waals surface area (Å²) < 4.78 is 11.0. The highest BCUT2D eigenvalue weighted by atomic mass is 16.5. The van der Waals surface area contributed by atoms with Crippen LogP contribution < -0.4 is 10.1 Å². The molecule has 0 aliphatic heterocycles. The molecule has 0 aliphatic carbocycles. The number of carbonyl (C=O) groups is 2. The lowest BCUT2D eigenvalue weighted by Crippen LogP contribution is -2.30. The topological polar surface area (TPSA) is 84.9 Å². The number of benzene rings is 2. The molecule has 1 atom stereocenters. The monoisotopic (exact) mass is 399 g/mol. The molecule has 0 aromatic heterocycles. The van der Waals surface area contributed by atoms with Gasteiger partial charge >= 0.3 is 5.97 Å². The molecule has 1 amide bonds. The summed E-state index contributed by atoms with van der Waals surface area (Å²) >= 11 is 0. The maximum atomic E-state index is 12.1. The molecule has 2 N–H and O–H groups in total. The Morgan fingerprint density at radius 1 is 1.07 bits per heavy atom. The highest BCUT2D eigenvalue weighted by Gasteiger charge is 2.17. The molecule has 0 fully saturated rings. The van der Waals surface area contributed by atoms with Crippen molar-refractivity contribution in [2.24, 2.45) is 0 Å². The van der Waals surface area contributed by atoms with E-state index in [0.717, 1.165) is 11.1 Å². The SMILES string of the molecule is CCOC(Cc1ccc(OCCc2cccc(C(=O)NC(C)C)c2)cc1)C(=O)O. The molecule has 0 heterocycles. The summed E-state index contributed by atoms with van der Waals surface area (Å²) in [4.78, 5) is 23.3. The zero-order valence-electron chi connectivity index (χ0n) is 17.2. The second-order valence-electron chi connectivity index (χ2n) is 7.06. The zero-order chi connectivity index (χ0) is 21.2. The summed E-state index contributed by atoms with van der Waals surface area (Å²) in [5, 5.41) is 12.1. The second kappa shape index (κ2) is 11.2. The first-order valence-electron chi connectivity index (χ1n) is 9.85. The van der Waals surface area contributed by atoms with Crippen molar-refractivity contribution in [1.29, 1.82) is 0 Å². The van der Waals surface area contributed by atoms with Crippen molar-refractivity contribution in [2.75, 3.05) is 13.2 Å². The fraction of sp³-hybridized carbons (Fsp3) is 0.391. The van der Waals surface area contributed by atoms with E-state index in [1.807, 2.05) is 56.3 Å². The number of carbonyl (C=O) groups excluding carboxylic acids is 1. The number of hydrogen-bond acceptors (Lipinski definition) is 4. The van der Waals surface area contributed by atoms with Gasteiger partial charge in [0.15, 0.2) is 6.10 Å². The molecule has 2 aromatic carbocycles. The lowest BCUT2D eigenvalue weighted by Gasteiger charge is -2.13. The van der Waals surface area contributed by atoms with E-state index in [1.54, 1.807) is 13.0 Å². The van der Waals surface area contributed by atoms with Crippen molar-refractivity contribution in [3.63, 3.8) is 0 Å². The van der Waals surface area contributed by atoms with Crippen molar-refractivity contribution in [3.8, 4) is 5.75 Å². The molecule has 0 saturated heterocycles. The molecule has 1 unspecified atom stereocenters. The van der Waals surface area contributed by atoms with Crippen LogP contribution in [-0.4, -0.2) is 42.3 Å². The minimum absolute atomic E-state index is 0.0786. The second-order valence-corrected chi connectivity index (χ2v) is 7.06. The Balaban J connectivity index is 1.86. The van der Waals surface area contributed by atoms with E-state index in [4.69, 9.17) is 14.6 Å². The number of nitrogens with one attached hydrogen (secondary N) is 1. The summed E-state index contributed by atoms with van der Waals surface area (Å²) in [6, 6.07) is 15.0. The predicted octanol–water partition coefficient (Wildman–Crippen LogP) is 3.48. The van der Waals surface area contributed by atoms with Crippen LogP contribution in [0.5, 0.6) is 5.75 Å². The van der Waals surface area contributed by atoms with Gasteiger partial charge in [-0.2, -0.15) is 0 Å². The average Bonchev–Trinajstić information content (AvgIpc) is 2.68. The summed E-state index contributed by atoms with van der Waals surface area (Å²) in [6.07, 6.45) is 0.150. The van der Waals surface area contributed by atoms with Crippen LogP contribution in [0, 0.1) is 0 Å². The van der Waals surface area contributed by atoms with E-state index in [1.165, 1.54) is 0 Å². The first-order chi connectivity index (χ1) is 13.9. The quantitative estimate of drug-likeness (QED) is 0.604. The van der Waals surface area contributed by atoms with E-state index in [-0.39, 0.29) is 11.9 Å². The van der Waals surface area contributed by atoms with Gasteiger partial charge in [0.25, 0.3) is 5.91 Å². The van der Waals surface area contributed by atoms with Gasteiger partial charge < -0.3 is 19.9 Å². The predicted molar refractivity (Wildman–Crippen MR) is 111 cm³/mol. The van der Waals surface area contributed by atoms with Gasteiger partial charge in [0.2, 0.25) is 0 Å². The minimum atomic E-state index is -0.962. The molecular weight excluding hydrogens is 370 g/mol. The Labute approximate surface area is 171 Å². The van der Waals surface area contributed by atoms with Crippen LogP contribution in [0.3, 0.4) is 0 Å². The number of ether oxygens (including phenoxy) is 2. The summed E-state index contributed by atoms with van der Waals surface area (Å²) in [7, 11) is 0. The summed E-state index contributed by atoms with van der Waals surface area (Å²) in [5.74, 6) is -0.327. The maximum absolute atomic E-state index is 12.1. The Morgan fingerprint density at radius 3 is 2.41 bits per heavy atom. The van der Waals surface area contributed by atoms with Crippen LogP contribution >= 0.6 is 0 Å². The van der Waals surface area contributed by atoms with E-state index in [2.05, 4.69) is 5.32 Å². The van der Waals surface area contributed by atoms with Gasteiger partial charge in [0.1, 0.15) is 5.75 Å². The third-order valence-electron chi connectivity index (χ3n) is 4.26. The Hall–Kier alpha value is -2.86. The molecule has 0 radical (unpaired) electrons. The molecular formula is C23H29NO5. The number of carboxylic acid groups (broad SMARTS) is 1. The van der Waals surface area contributed by atoms with Crippen molar-refractivity contribution in [3.05, 3.63) is 65.2 Å². The van der Waals surface area contributed by atoms with Crippen LogP contribution in [0.4, 0.5) is 0 Å². The summed E-state index contributed by atoms with van der Waals surface area (Å²) in [5.41, 5.74) is 2.55. The molecule has 0 aliphatic rings. The van der Waals surface area contributed by atoms with Crippen LogP contribution in [0.1, 0.15) is 42.3 Å². The van der Waals surface area contributed by atoms with Gasteiger partial charge in [-0.3, -0.25) is 4.79 Å². The molecule has 6 nitrogen and oxygen atoms in total. The normalized spacial score (nSPS) is 11.9. The van der Waals surface area contributed by atoms with Crippen molar-refractivity contribution in [2.45, 2.75) is 45.8 Å². The standard InChI is InChI=1S/C23H29NO5/c1-4-28-21(23(26)27)15-18-8-10-20(11-9-18)29-13-12-17-6-5-7-19(14-17)22(25)24-16(2)3/h5-11,14,16,21H,4,12-13,15H2,1-3H3,(H,24,25)(H,26,27). The van der Waals surface area contributed by atoms with E-state index >= 15 is 0 Å². The zero-order valence-corrected chi connectivity index (χ0v) is 17.2. The van der Waals surface area contributed by atoms with Crippen molar-refractivity contribution >= 4 is 11.9 Å². The number of aliphatic carboxylic acids is 1. The molecule has 0 bridgehead atoms. The largest absolute Gasteiger partial charge is 0.493 e. The Bertz CT molecular complexity index is 801. The highest BCUT2D eigenvalue weighted by Crippen LogP contribution is 2.15. The highest BCUT2D eigenvalue weighted by molar-refractivity contribution is 5.94. The maximum Gasteiger partial charge on any atom is 0.333 e. The average molecular weight is 399 g/mol. The van der Waals surface area contributed by atoms with Crippen LogP contribution in [0.2, 0.25) is 0 Å². The lowest BCUT2D eigenvalue weighted by molar-refractivity contribution is -0.149. The van der Waals surface area contributed by atoms with Gasteiger partial charge in [-0.05, 0) is 56.2 Å². The number of amides is 1. The molecule has 2 aromatic rings. The van der Waals surface area contributed by atoms with Gasteiger partial charge in [-0.25, -0.2) is 4.79 Å². The van der Waals surface area contributed by atoms with Crippen molar-refractivity contribution < 1.29 is 24.2 Å². The first kappa shape index (κ1) is 22.4. The number of rotatable bonds is 11. The fourth-order valence-electron chi connectivity index (χ4n) is 2.85. The lowest BCUT2D eigenvalue weighted by atomic mass is 10.1. The van der Waals surface area contributed by atoms with Crippen LogP contribution in [0.15, 0.2) is 48.5 Å². The minimum Gasteiger partial charge on any atom is -0.493 e. The van der Waals surface area contributed by atoms with Gasteiger partial charge in [-0.1, -0.05) is 24.3 Å². The molecule has 0 saturated carbocycles.